The molecule has 0 aromatic heterocycles. The molecule has 2 rings (SSSR count). The summed E-state index contributed by atoms with van der Waals surface area (Å²) in [5.74, 6) is 0.955. The molecule has 0 atom stereocenters. The summed E-state index contributed by atoms with van der Waals surface area (Å²) in [6.07, 6.45) is 9.07. The summed E-state index contributed by atoms with van der Waals surface area (Å²) < 4.78 is 0. The molecule has 0 saturated heterocycles. The van der Waals surface area contributed by atoms with E-state index in [2.05, 4.69) is 6.92 Å². The Hall–Kier alpha value is -1.18. The molecule has 1 aromatic rings. The quantitative estimate of drug-likeness (QED) is 0.754. The molecule has 1 aliphatic rings. The molecule has 0 amide bonds. The van der Waals surface area contributed by atoms with Gasteiger partial charge in [-0.05, 0) is 49.3 Å². The largest absolute Gasteiger partial charge is 0.508 e. The first-order valence-electron chi connectivity index (χ1n) is 7.27. The van der Waals surface area contributed by atoms with Gasteiger partial charge in [0, 0.05) is 5.56 Å². The van der Waals surface area contributed by atoms with Crippen molar-refractivity contribution in [2.24, 2.45) is 0 Å². The molecule has 0 radical (unpaired) electrons. The first kappa shape index (κ1) is 13.3. The van der Waals surface area contributed by atoms with Gasteiger partial charge in [-0.1, -0.05) is 32.6 Å². The average molecular weight is 248 g/mol. The van der Waals surface area contributed by atoms with Gasteiger partial charge in [-0.3, -0.25) is 0 Å². The van der Waals surface area contributed by atoms with Crippen LogP contribution in [0.15, 0.2) is 12.1 Å². The van der Waals surface area contributed by atoms with E-state index in [0.29, 0.717) is 17.4 Å². The molecule has 2 N–H and O–H groups in total. The van der Waals surface area contributed by atoms with Crippen LogP contribution in [0.1, 0.15) is 68.9 Å². The molecule has 1 aliphatic carbocycles. The third-order valence-electron chi connectivity index (χ3n) is 4.03. The number of hydrogen-bond acceptors (Lipinski definition) is 2. The highest BCUT2D eigenvalue weighted by Gasteiger charge is 2.23. The van der Waals surface area contributed by atoms with Crippen LogP contribution >= 0.6 is 0 Å². The van der Waals surface area contributed by atoms with Gasteiger partial charge in [-0.25, -0.2) is 0 Å². The van der Waals surface area contributed by atoms with Gasteiger partial charge in [0.2, 0.25) is 0 Å². The molecule has 0 spiro atoms. The van der Waals surface area contributed by atoms with Gasteiger partial charge in [0.1, 0.15) is 11.5 Å². The lowest BCUT2D eigenvalue weighted by Gasteiger charge is -2.15. The van der Waals surface area contributed by atoms with Crippen LogP contribution in [0.4, 0.5) is 0 Å². The number of hydrogen-bond donors (Lipinski definition) is 2. The van der Waals surface area contributed by atoms with Crippen LogP contribution < -0.4 is 0 Å². The van der Waals surface area contributed by atoms with Crippen LogP contribution in [0, 0.1) is 0 Å². The third-order valence-corrected chi connectivity index (χ3v) is 4.03. The van der Waals surface area contributed by atoms with E-state index in [-0.39, 0.29) is 0 Å². The van der Waals surface area contributed by atoms with E-state index in [1.807, 2.05) is 12.1 Å². The normalized spacial score (nSPS) is 16.3. The van der Waals surface area contributed by atoms with Crippen LogP contribution in [-0.4, -0.2) is 10.2 Å². The molecular weight excluding hydrogens is 224 g/mol. The molecule has 1 fully saturated rings. The lowest BCUT2D eigenvalue weighted by atomic mass is 9.93. The maximum absolute atomic E-state index is 10.1. The number of rotatable bonds is 5. The van der Waals surface area contributed by atoms with Gasteiger partial charge in [-0.15, -0.1) is 0 Å². The predicted molar refractivity (Wildman–Crippen MR) is 74.2 cm³/mol. The summed E-state index contributed by atoms with van der Waals surface area (Å²) in [6, 6.07) is 3.70. The summed E-state index contributed by atoms with van der Waals surface area (Å²) in [6.45, 7) is 2.18. The molecular formula is C16H24O2. The lowest BCUT2D eigenvalue weighted by molar-refractivity contribution is 0.426. The topological polar surface area (TPSA) is 40.5 Å². The number of unbranched alkanes of at least 4 members (excludes halogenated alkanes) is 2. The minimum absolute atomic E-state index is 0.299. The third kappa shape index (κ3) is 2.98. The molecule has 1 aromatic carbocycles. The Morgan fingerprint density at radius 1 is 1.06 bits per heavy atom. The molecule has 18 heavy (non-hydrogen) atoms. The summed E-state index contributed by atoms with van der Waals surface area (Å²) in [5, 5.41) is 20.3. The summed E-state index contributed by atoms with van der Waals surface area (Å²) in [7, 11) is 0. The lowest BCUT2D eigenvalue weighted by Crippen LogP contribution is -1.96. The fraction of sp³-hybridized carbons (Fsp3) is 0.625. The molecule has 1 saturated carbocycles. The summed E-state index contributed by atoms with van der Waals surface area (Å²) in [4.78, 5) is 0. The predicted octanol–water partition coefficient (Wildman–Crippen LogP) is 4.49. The second-order valence-electron chi connectivity index (χ2n) is 5.49. The van der Waals surface area contributed by atoms with Crippen molar-refractivity contribution in [3.8, 4) is 11.5 Å². The molecule has 0 bridgehead atoms. The number of phenols is 2. The standard InChI is InChI=1S/C16H24O2/c1-2-3-4-7-12-10-14(17)16(15(18)11-12)13-8-5-6-9-13/h10-11,13,17-18H,2-9H2,1H3. The maximum Gasteiger partial charge on any atom is 0.123 e. The SMILES string of the molecule is CCCCCc1cc(O)c(C2CCCC2)c(O)c1. The second kappa shape index (κ2) is 6.12. The Kier molecular flexibility index (Phi) is 4.51. The Morgan fingerprint density at radius 3 is 2.22 bits per heavy atom. The summed E-state index contributed by atoms with van der Waals surface area (Å²) in [5.41, 5.74) is 1.84. The first-order chi connectivity index (χ1) is 8.72. The van der Waals surface area contributed by atoms with Crippen molar-refractivity contribution in [2.75, 3.05) is 0 Å². The van der Waals surface area contributed by atoms with E-state index < -0.39 is 0 Å². The van der Waals surface area contributed by atoms with E-state index in [4.69, 9.17) is 0 Å². The van der Waals surface area contributed by atoms with Gasteiger partial charge in [0.05, 0.1) is 0 Å². The molecule has 0 aliphatic heterocycles. The van der Waals surface area contributed by atoms with Crippen molar-refractivity contribution < 1.29 is 10.2 Å². The van der Waals surface area contributed by atoms with Crippen molar-refractivity contribution in [3.63, 3.8) is 0 Å². The molecule has 100 valence electrons. The Labute approximate surface area is 110 Å². The smallest absolute Gasteiger partial charge is 0.123 e. The van der Waals surface area contributed by atoms with Gasteiger partial charge in [-0.2, -0.15) is 0 Å². The van der Waals surface area contributed by atoms with Gasteiger partial charge < -0.3 is 10.2 Å². The van der Waals surface area contributed by atoms with E-state index in [9.17, 15) is 10.2 Å². The van der Waals surface area contributed by atoms with Crippen molar-refractivity contribution in [2.45, 2.75) is 64.2 Å². The van der Waals surface area contributed by atoms with Crippen LogP contribution in [0.25, 0.3) is 0 Å². The van der Waals surface area contributed by atoms with E-state index in [1.54, 1.807) is 0 Å². The monoisotopic (exact) mass is 248 g/mol. The van der Waals surface area contributed by atoms with Gasteiger partial charge in [0.25, 0.3) is 0 Å². The fourth-order valence-electron chi connectivity index (χ4n) is 3.04. The Morgan fingerprint density at radius 2 is 1.67 bits per heavy atom. The Balaban J connectivity index is 2.12. The number of phenolic OH excluding ortho intramolecular Hbond substituents is 2. The van der Waals surface area contributed by atoms with Crippen molar-refractivity contribution in [1.82, 2.24) is 0 Å². The molecule has 0 heterocycles. The van der Waals surface area contributed by atoms with Crippen LogP contribution in [-0.2, 0) is 6.42 Å². The molecule has 2 heteroatoms. The summed E-state index contributed by atoms with van der Waals surface area (Å²) >= 11 is 0. The van der Waals surface area contributed by atoms with E-state index >= 15 is 0 Å². The number of aryl methyl sites for hydroxylation is 1. The number of aromatic hydroxyl groups is 2. The minimum atomic E-state index is 0.299. The van der Waals surface area contributed by atoms with Gasteiger partial charge in [0.15, 0.2) is 0 Å². The highest BCUT2D eigenvalue weighted by molar-refractivity contribution is 5.49. The van der Waals surface area contributed by atoms with Crippen LogP contribution in [0.5, 0.6) is 11.5 Å². The fourth-order valence-corrected chi connectivity index (χ4v) is 3.04. The van der Waals surface area contributed by atoms with Gasteiger partial charge >= 0.3 is 0 Å². The maximum atomic E-state index is 10.1. The van der Waals surface area contributed by atoms with Crippen LogP contribution in [0.2, 0.25) is 0 Å². The van der Waals surface area contributed by atoms with E-state index in [1.165, 1.54) is 25.7 Å². The highest BCUT2D eigenvalue weighted by Crippen LogP contribution is 2.43. The zero-order valence-electron chi connectivity index (χ0n) is 11.3. The van der Waals surface area contributed by atoms with Crippen LogP contribution in [0.3, 0.4) is 0 Å². The first-order valence-corrected chi connectivity index (χ1v) is 7.27. The Bertz CT molecular complexity index is 369. The van der Waals surface area contributed by atoms with Crippen molar-refractivity contribution >= 4 is 0 Å². The number of benzene rings is 1. The molecule has 0 unspecified atom stereocenters. The zero-order chi connectivity index (χ0) is 13.0. The average Bonchev–Trinajstić information content (AvgIpc) is 2.82. The second-order valence-corrected chi connectivity index (χ2v) is 5.49. The zero-order valence-corrected chi connectivity index (χ0v) is 11.3. The van der Waals surface area contributed by atoms with Crippen molar-refractivity contribution in [1.29, 1.82) is 0 Å². The van der Waals surface area contributed by atoms with Crippen molar-refractivity contribution in [3.05, 3.63) is 23.3 Å². The van der Waals surface area contributed by atoms with E-state index in [0.717, 1.165) is 36.8 Å². The molecule has 2 nitrogen and oxygen atoms in total. The minimum Gasteiger partial charge on any atom is -0.508 e. The highest BCUT2D eigenvalue weighted by atomic mass is 16.3.